The molecule has 124 valence electrons. The van der Waals surface area contributed by atoms with Crippen molar-refractivity contribution in [2.45, 2.75) is 32.1 Å². The van der Waals surface area contributed by atoms with Crippen LogP contribution in [-0.4, -0.2) is 30.5 Å². The summed E-state index contributed by atoms with van der Waals surface area (Å²) in [5.74, 6) is -0.194. The minimum absolute atomic E-state index is 0.0130. The molecule has 2 aromatic rings. The van der Waals surface area contributed by atoms with Gasteiger partial charge in [-0.3, -0.25) is 9.59 Å². The minimum Gasteiger partial charge on any atom is -0.469 e. The number of unbranched alkanes of at least 4 members (excludes halogenated alkanes) is 2. The Morgan fingerprint density at radius 3 is 2.87 bits per heavy atom. The lowest BCUT2D eigenvalue weighted by Gasteiger charge is -2.04. The molecule has 0 aliphatic carbocycles. The molecule has 0 aliphatic rings. The van der Waals surface area contributed by atoms with Gasteiger partial charge in [0.15, 0.2) is 0 Å². The number of carbonyl (C=O) groups is 2. The Morgan fingerprint density at radius 2 is 2.13 bits per heavy atom. The molecule has 0 saturated carbocycles. The van der Waals surface area contributed by atoms with Crippen molar-refractivity contribution in [3.63, 3.8) is 0 Å². The number of nitrogens with zero attached hydrogens (tertiary/aromatic N) is 1. The molecule has 5 nitrogen and oxygen atoms in total. The van der Waals surface area contributed by atoms with Gasteiger partial charge in [0.05, 0.1) is 24.1 Å². The van der Waals surface area contributed by atoms with Crippen molar-refractivity contribution < 1.29 is 14.3 Å². The first-order valence-electron chi connectivity index (χ1n) is 7.51. The van der Waals surface area contributed by atoms with Crippen molar-refractivity contribution in [1.82, 2.24) is 10.3 Å². The van der Waals surface area contributed by atoms with E-state index in [1.807, 2.05) is 22.9 Å². The van der Waals surface area contributed by atoms with E-state index < -0.39 is 0 Å². The summed E-state index contributed by atoms with van der Waals surface area (Å²) >= 11 is 3.21. The first-order valence-corrected chi connectivity index (χ1v) is 9.27. The van der Waals surface area contributed by atoms with Crippen LogP contribution in [0.5, 0.6) is 0 Å². The van der Waals surface area contributed by atoms with E-state index in [0.29, 0.717) is 19.4 Å². The number of nitrogens with one attached hydrogen (secondary N) is 1. The van der Waals surface area contributed by atoms with Gasteiger partial charge < -0.3 is 10.1 Å². The van der Waals surface area contributed by atoms with Crippen molar-refractivity contribution in [3.05, 3.63) is 28.6 Å². The summed E-state index contributed by atoms with van der Waals surface area (Å²) in [4.78, 5) is 28.5. The third-order valence-corrected chi connectivity index (χ3v) is 5.16. The molecule has 0 aromatic carbocycles. The molecule has 0 radical (unpaired) electrons. The molecule has 0 aliphatic heterocycles. The third kappa shape index (κ3) is 6.11. The van der Waals surface area contributed by atoms with Gasteiger partial charge in [-0.25, -0.2) is 4.98 Å². The van der Waals surface area contributed by atoms with E-state index in [2.05, 4.69) is 15.0 Å². The van der Waals surface area contributed by atoms with E-state index >= 15 is 0 Å². The molecule has 0 unspecified atom stereocenters. The zero-order valence-corrected chi connectivity index (χ0v) is 14.7. The number of carbonyl (C=O) groups excluding carboxylic acids is 2. The van der Waals surface area contributed by atoms with Crippen LogP contribution in [0.1, 0.15) is 31.4 Å². The van der Waals surface area contributed by atoms with Crippen LogP contribution in [-0.2, 0) is 20.7 Å². The van der Waals surface area contributed by atoms with Gasteiger partial charge in [0.2, 0.25) is 5.91 Å². The highest BCUT2D eigenvalue weighted by Gasteiger charge is 2.09. The Labute approximate surface area is 143 Å². The second-order valence-electron chi connectivity index (χ2n) is 5.03. The monoisotopic (exact) mass is 352 g/mol. The fourth-order valence-corrected chi connectivity index (χ4v) is 3.66. The maximum atomic E-state index is 11.9. The molecular formula is C16H20N2O3S2. The molecule has 1 amide bonds. The Hall–Kier alpha value is -1.73. The van der Waals surface area contributed by atoms with E-state index in [4.69, 9.17) is 0 Å². The number of aromatic nitrogens is 1. The maximum absolute atomic E-state index is 11.9. The zero-order valence-electron chi connectivity index (χ0n) is 13.0. The summed E-state index contributed by atoms with van der Waals surface area (Å²) in [7, 11) is 1.39. The SMILES string of the molecule is COC(=O)CCCCCNC(=O)Cc1csc(-c2cccs2)n1. The lowest BCUT2D eigenvalue weighted by Crippen LogP contribution is -2.26. The van der Waals surface area contributed by atoms with Gasteiger partial charge in [-0.2, -0.15) is 0 Å². The fraction of sp³-hybridized carbons (Fsp3) is 0.438. The second-order valence-corrected chi connectivity index (χ2v) is 6.84. The molecule has 0 fully saturated rings. The molecule has 7 heteroatoms. The largest absolute Gasteiger partial charge is 0.469 e. The van der Waals surface area contributed by atoms with Crippen LogP contribution in [0, 0.1) is 0 Å². The Bertz CT molecular complexity index is 623. The molecule has 0 bridgehead atoms. The zero-order chi connectivity index (χ0) is 16.5. The van der Waals surface area contributed by atoms with Crippen LogP contribution in [0.2, 0.25) is 0 Å². The highest BCUT2D eigenvalue weighted by molar-refractivity contribution is 7.20. The van der Waals surface area contributed by atoms with Crippen LogP contribution in [0.3, 0.4) is 0 Å². The van der Waals surface area contributed by atoms with E-state index in [0.717, 1.165) is 34.8 Å². The van der Waals surface area contributed by atoms with Crippen LogP contribution in [0.4, 0.5) is 0 Å². The van der Waals surface area contributed by atoms with Gasteiger partial charge in [-0.05, 0) is 24.3 Å². The standard InChI is InChI=1S/C16H20N2O3S2/c1-21-15(20)7-3-2-4-8-17-14(19)10-12-11-23-16(18-12)13-6-5-9-22-13/h5-6,9,11H,2-4,7-8,10H2,1H3,(H,17,19). The minimum atomic E-state index is -0.181. The highest BCUT2D eigenvalue weighted by atomic mass is 32.1. The van der Waals surface area contributed by atoms with E-state index in [9.17, 15) is 9.59 Å². The summed E-state index contributed by atoms with van der Waals surface area (Å²) < 4.78 is 4.58. The van der Waals surface area contributed by atoms with Gasteiger partial charge in [0.1, 0.15) is 5.01 Å². The predicted octanol–water partition coefficient (Wildman–Crippen LogP) is 3.26. The molecule has 2 rings (SSSR count). The van der Waals surface area contributed by atoms with Crippen LogP contribution >= 0.6 is 22.7 Å². The number of hydrogen-bond donors (Lipinski definition) is 1. The van der Waals surface area contributed by atoms with Crippen molar-refractivity contribution in [1.29, 1.82) is 0 Å². The van der Waals surface area contributed by atoms with Crippen molar-refractivity contribution in [2.75, 3.05) is 13.7 Å². The molecule has 2 heterocycles. The molecule has 23 heavy (non-hydrogen) atoms. The number of thiazole rings is 1. The number of hydrogen-bond acceptors (Lipinski definition) is 6. The Morgan fingerprint density at radius 1 is 1.26 bits per heavy atom. The van der Waals surface area contributed by atoms with Crippen molar-refractivity contribution in [3.8, 4) is 9.88 Å². The maximum Gasteiger partial charge on any atom is 0.305 e. The number of esters is 1. The molecule has 0 spiro atoms. The predicted molar refractivity (Wildman–Crippen MR) is 92.6 cm³/mol. The topological polar surface area (TPSA) is 68.3 Å². The summed E-state index contributed by atoms with van der Waals surface area (Å²) in [5, 5.41) is 7.81. The van der Waals surface area contributed by atoms with Crippen molar-refractivity contribution >= 4 is 34.6 Å². The molecule has 1 N–H and O–H groups in total. The quantitative estimate of drug-likeness (QED) is 0.555. The molecule has 2 aromatic heterocycles. The van der Waals surface area contributed by atoms with Crippen molar-refractivity contribution in [2.24, 2.45) is 0 Å². The average Bonchev–Trinajstić information content (AvgIpc) is 3.21. The average molecular weight is 352 g/mol. The Kier molecular flexibility index (Phi) is 7.22. The third-order valence-electron chi connectivity index (χ3n) is 3.23. The number of methoxy groups -OCH3 is 1. The molecule has 0 saturated heterocycles. The number of amides is 1. The Balaban J connectivity index is 1.63. The second kappa shape index (κ2) is 9.42. The fourth-order valence-electron chi connectivity index (χ4n) is 2.03. The first kappa shape index (κ1) is 17.6. The van der Waals surface area contributed by atoms with Crippen LogP contribution in [0.15, 0.2) is 22.9 Å². The number of thiophene rings is 1. The van der Waals surface area contributed by atoms with Gasteiger partial charge in [0.25, 0.3) is 0 Å². The highest BCUT2D eigenvalue weighted by Crippen LogP contribution is 2.27. The van der Waals surface area contributed by atoms with Crippen LogP contribution in [0.25, 0.3) is 9.88 Å². The first-order chi connectivity index (χ1) is 11.2. The lowest BCUT2D eigenvalue weighted by atomic mass is 10.2. The normalized spacial score (nSPS) is 10.5. The number of ether oxygens (including phenoxy) is 1. The number of rotatable bonds is 9. The van der Waals surface area contributed by atoms with E-state index in [-0.39, 0.29) is 11.9 Å². The van der Waals surface area contributed by atoms with Gasteiger partial charge in [-0.1, -0.05) is 12.5 Å². The van der Waals surface area contributed by atoms with E-state index in [1.54, 1.807) is 22.7 Å². The molecule has 0 atom stereocenters. The molecular weight excluding hydrogens is 332 g/mol. The summed E-state index contributed by atoms with van der Waals surface area (Å²) in [6.45, 7) is 0.627. The smallest absolute Gasteiger partial charge is 0.305 e. The summed E-state index contributed by atoms with van der Waals surface area (Å²) in [6.07, 6.45) is 3.30. The van der Waals surface area contributed by atoms with Gasteiger partial charge in [-0.15, -0.1) is 22.7 Å². The van der Waals surface area contributed by atoms with Gasteiger partial charge >= 0.3 is 5.97 Å². The van der Waals surface area contributed by atoms with E-state index in [1.165, 1.54) is 7.11 Å². The van der Waals surface area contributed by atoms with Gasteiger partial charge in [0, 0.05) is 18.3 Å². The summed E-state index contributed by atoms with van der Waals surface area (Å²) in [6, 6.07) is 4.02. The van der Waals surface area contributed by atoms with Crippen LogP contribution < -0.4 is 5.32 Å². The lowest BCUT2D eigenvalue weighted by molar-refractivity contribution is -0.140. The summed E-state index contributed by atoms with van der Waals surface area (Å²) in [5.41, 5.74) is 0.807.